The molecule has 0 saturated heterocycles. The second-order valence-corrected chi connectivity index (χ2v) is 11.1. The van der Waals surface area contributed by atoms with Gasteiger partial charge in [-0.3, -0.25) is 4.79 Å². The Labute approximate surface area is 187 Å². The smallest absolute Gasteiger partial charge is 0.227 e. The van der Waals surface area contributed by atoms with Crippen LogP contribution in [0, 0.1) is 47.3 Å². The van der Waals surface area contributed by atoms with Crippen molar-refractivity contribution in [3.8, 4) is 0 Å². The van der Waals surface area contributed by atoms with Gasteiger partial charge in [-0.05, 0) is 112 Å². The van der Waals surface area contributed by atoms with Crippen molar-refractivity contribution < 1.29 is 4.79 Å². The molecule has 1 N–H and O–H groups in total. The highest BCUT2D eigenvalue weighted by atomic mass is 16.1. The molecule has 0 bridgehead atoms. The minimum Gasteiger partial charge on any atom is -0.326 e. The molecule has 6 rings (SSSR count). The molecule has 164 valence electrons. The SMILES string of the molecule is O=C(Nc1ccccc1)C1CCC2CCC3C4CCC5CCC=CC5C4=CCC3C2C1. The molecule has 3 saturated carbocycles. The van der Waals surface area contributed by atoms with Gasteiger partial charge in [-0.25, -0.2) is 0 Å². The summed E-state index contributed by atoms with van der Waals surface area (Å²) in [4.78, 5) is 13.1. The van der Waals surface area contributed by atoms with E-state index in [4.69, 9.17) is 0 Å². The number of para-hydroxylation sites is 1. The van der Waals surface area contributed by atoms with E-state index in [1.807, 2.05) is 35.9 Å². The minimum atomic E-state index is 0.197. The Morgan fingerprint density at radius 1 is 0.839 bits per heavy atom. The lowest BCUT2D eigenvalue weighted by atomic mass is 9.51. The number of hydrogen-bond donors (Lipinski definition) is 1. The van der Waals surface area contributed by atoms with Crippen molar-refractivity contribution in [3.63, 3.8) is 0 Å². The van der Waals surface area contributed by atoms with Crippen molar-refractivity contribution in [3.05, 3.63) is 54.1 Å². The van der Waals surface area contributed by atoms with Crippen molar-refractivity contribution in [1.82, 2.24) is 0 Å². The molecule has 1 amide bonds. The lowest BCUT2D eigenvalue weighted by Crippen LogP contribution is -2.46. The molecule has 0 spiro atoms. The summed E-state index contributed by atoms with van der Waals surface area (Å²) in [5, 5.41) is 3.20. The Hall–Kier alpha value is -1.83. The highest BCUT2D eigenvalue weighted by Gasteiger charge is 2.49. The van der Waals surface area contributed by atoms with E-state index in [9.17, 15) is 4.79 Å². The van der Waals surface area contributed by atoms with Crippen molar-refractivity contribution in [1.29, 1.82) is 0 Å². The van der Waals surface area contributed by atoms with E-state index in [1.165, 1.54) is 51.4 Å². The number of amides is 1. The maximum absolute atomic E-state index is 13.1. The molecular weight excluding hydrogens is 378 g/mol. The van der Waals surface area contributed by atoms with Gasteiger partial charge in [0.25, 0.3) is 0 Å². The van der Waals surface area contributed by atoms with Crippen LogP contribution in [0.25, 0.3) is 0 Å². The topological polar surface area (TPSA) is 29.1 Å². The van der Waals surface area contributed by atoms with E-state index in [0.29, 0.717) is 0 Å². The third-order valence-electron chi connectivity index (χ3n) is 9.79. The lowest BCUT2D eigenvalue weighted by Gasteiger charge is -2.54. The summed E-state index contributed by atoms with van der Waals surface area (Å²) in [5.74, 6) is 6.29. The number of rotatable bonds is 2. The summed E-state index contributed by atoms with van der Waals surface area (Å²) in [6, 6.07) is 10.0. The molecule has 31 heavy (non-hydrogen) atoms. The molecule has 0 aliphatic heterocycles. The first kappa shape index (κ1) is 19.8. The summed E-state index contributed by atoms with van der Waals surface area (Å²) in [5.41, 5.74) is 2.76. The Morgan fingerprint density at radius 3 is 2.58 bits per heavy atom. The van der Waals surface area contributed by atoms with E-state index in [2.05, 4.69) is 23.5 Å². The van der Waals surface area contributed by atoms with Crippen LogP contribution in [0.4, 0.5) is 5.69 Å². The van der Waals surface area contributed by atoms with E-state index in [0.717, 1.165) is 60.0 Å². The zero-order chi connectivity index (χ0) is 20.8. The molecule has 0 aromatic heterocycles. The van der Waals surface area contributed by atoms with Crippen LogP contribution in [0.15, 0.2) is 54.1 Å². The fourth-order valence-corrected chi connectivity index (χ4v) is 8.37. The van der Waals surface area contributed by atoms with Crippen molar-refractivity contribution >= 4 is 11.6 Å². The molecule has 1 aromatic rings. The summed E-state index contributed by atoms with van der Waals surface area (Å²) in [7, 11) is 0. The number of allylic oxidation sites excluding steroid dienone is 4. The number of carbonyl (C=O) groups excluding carboxylic acids is 1. The predicted octanol–water partition coefficient (Wildman–Crippen LogP) is 7.01. The molecule has 8 atom stereocenters. The van der Waals surface area contributed by atoms with E-state index < -0.39 is 0 Å². The standard InChI is InChI=1S/C29H37NO/c31-29(30-22-7-2-1-3-8-22)21-11-10-20-13-15-26-25-14-12-19-6-4-5-9-23(19)24(25)16-17-27(26)28(20)18-21/h1-3,5,7-9,16,19-21,23,25-28H,4,6,10-15,17-18H2,(H,30,31). The number of benzene rings is 1. The Kier molecular flexibility index (Phi) is 5.28. The number of fused-ring (bicyclic) bond motifs is 7. The van der Waals surface area contributed by atoms with Gasteiger partial charge >= 0.3 is 0 Å². The van der Waals surface area contributed by atoms with Gasteiger partial charge in [0, 0.05) is 17.5 Å². The van der Waals surface area contributed by atoms with Crippen LogP contribution in [0.3, 0.4) is 0 Å². The van der Waals surface area contributed by atoms with Crippen molar-refractivity contribution in [2.75, 3.05) is 5.32 Å². The van der Waals surface area contributed by atoms with Gasteiger partial charge < -0.3 is 5.32 Å². The first-order valence-corrected chi connectivity index (χ1v) is 13.0. The average Bonchev–Trinajstić information content (AvgIpc) is 2.83. The maximum Gasteiger partial charge on any atom is 0.227 e. The molecule has 0 radical (unpaired) electrons. The van der Waals surface area contributed by atoms with Crippen LogP contribution in [0.1, 0.15) is 64.2 Å². The van der Waals surface area contributed by atoms with Gasteiger partial charge in [-0.1, -0.05) is 42.0 Å². The van der Waals surface area contributed by atoms with Crippen LogP contribution in [0.5, 0.6) is 0 Å². The van der Waals surface area contributed by atoms with Gasteiger partial charge in [0.1, 0.15) is 0 Å². The highest BCUT2D eigenvalue weighted by molar-refractivity contribution is 5.92. The fraction of sp³-hybridized carbons (Fsp3) is 0.621. The molecule has 3 fully saturated rings. The van der Waals surface area contributed by atoms with Crippen molar-refractivity contribution in [2.24, 2.45) is 47.3 Å². The second-order valence-electron chi connectivity index (χ2n) is 11.1. The monoisotopic (exact) mass is 415 g/mol. The third-order valence-corrected chi connectivity index (χ3v) is 9.79. The first-order chi connectivity index (χ1) is 15.3. The molecule has 5 aliphatic carbocycles. The summed E-state index contributed by atoms with van der Waals surface area (Å²) >= 11 is 0. The van der Waals surface area contributed by atoms with Gasteiger partial charge in [0.05, 0.1) is 0 Å². The first-order valence-electron chi connectivity index (χ1n) is 13.0. The van der Waals surface area contributed by atoms with Gasteiger partial charge in [-0.2, -0.15) is 0 Å². The zero-order valence-electron chi connectivity index (χ0n) is 18.7. The molecule has 2 heteroatoms. The second kappa shape index (κ2) is 8.26. The quantitative estimate of drug-likeness (QED) is 0.517. The number of hydrogen-bond acceptors (Lipinski definition) is 1. The van der Waals surface area contributed by atoms with Gasteiger partial charge in [0.15, 0.2) is 0 Å². The summed E-state index contributed by atoms with van der Waals surface area (Å²) < 4.78 is 0. The normalized spacial score (nSPS) is 41.1. The van der Waals surface area contributed by atoms with Crippen molar-refractivity contribution in [2.45, 2.75) is 64.2 Å². The Balaban J connectivity index is 1.19. The third kappa shape index (κ3) is 3.60. The zero-order valence-corrected chi connectivity index (χ0v) is 18.7. The minimum absolute atomic E-state index is 0.197. The summed E-state index contributed by atoms with van der Waals surface area (Å²) in [6.45, 7) is 0. The van der Waals surface area contributed by atoms with Crippen LogP contribution in [0.2, 0.25) is 0 Å². The van der Waals surface area contributed by atoms with E-state index in [1.54, 1.807) is 0 Å². The molecule has 8 unspecified atom stereocenters. The molecule has 0 heterocycles. The fourth-order valence-electron chi connectivity index (χ4n) is 8.37. The summed E-state index contributed by atoms with van der Waals surface area (Å²) in [6.07, 6.45) is 20.8. The van der Waals surface area contributed by atoms with Crippen LogP contribution >= 0.6 is 0 Å². The molecular formula is C29H37NO. The van der Waals surface area contributed by atoms with E-state index >= 15 is 0 Å². The lowest BCUT2D eigenvalue weighted by molar-refractivity contribution is -0.123. The number of nitrogens with one attached hydrogen (secondary N) is 1. The number of anilines is 1. The molecule has 5 aliphatic rings. The largest absolute Gasteiger partial charge is 0.326 e. The highest BCUT2D eigenvalue weighted by Crippen LogP contribution is 2.58. The van der Waals surface area contributed by atoms with Crippen LogP contribution in [-0.2, 0) is 4.79 Å². The predicted molar refractivity (Wildman–Crippen MR) is 126 cm³/mol. The van der Waals surface area contributed by atoms with Crippen LogP contribution in [-0.4, -0.2) is 5.91 Å². The van der Waals surface area contributed by atoms with Gasteiger partial charge in [-0.15, -0.1) is 0 Å². The number of carbonyl (C=O) groups is 1. The molecule has 1 aromatic carbocycles. The van der Waals surface area contributed by atoms with E-state index in [-0.39, 0.29) is 11.8 Å². The van der Waals surface area contributed by atoms with Crippen LogP contribution < -0.4 is 5.32 Å². The Bertz CT molecular complexity index is 870. The maximum atomic E-state index is 13.1. The Morgan fingerprint density at radius 2 is 1.68 bits per heavy atom. The molecule has 2 nitrogen and oxygen atoms in total. The average molecular weight is 416 g/mol. The van der Waals surface area contributed by atoms with Gasteiger partial charge in [0.2, 0.25) is 5.91 Å².